The summed E-state index contributed by atoms with van der Waals surface area (Å²) >= 11 is 12.2. The fourth-order valence-electron chi connectivity index (χ4n) is 2.54. The molecule has 150 valence electrons. The van der Waals surface area contributed by atoms with Gasteiger partial charge in [-0.3, -0.25) is 0 Å². The fourth-order valence-corrected chi connectivity index (χ4v) is 3.05. The zero-order valence-electron chi connectivity index (χ0n) is 15.6. The lowest BCUT2D eigenvalue weighted by Gasteiger charge is -2.09. The molecule has 0 fully saturated rings. The van der Waals surface area contributed by atoms with Gasteiger partial charge < -0.3 is 15.4 Å². The van der Waals surface area contributed by atoms with Crippen molar-refractivity contribution in [3.8, 4) is 11.3 Å². The van der Waals surface area contributed by atoms with Crippen molar-refractivity contribution in [1.82, 2.24) is 15.3 Å². The molecule has 2 aromatic carbocycles. The lowest BCUT2D eigenvalue weighted by Crippen LogP contribution is -2.26. The molecular weight excluding hydrogens is 411 g/mol. The van der Waals surface area contributed by atoms with Crippen LogP contribution in [0.1, 0.15) is 12.0 Å². The van der Waals surface area contributed by atoms with Crippen LogP contribution in [0.15, 0.2) is 60.8 Å². The van der Waals surface area contributed by atoms with Gasteiger partial charge in [-0.2, -0.15) is 0 Å². The number of amides is 1. The maximum absolute atomic E-state index is 11.7. The second kappa shape index (κ2) is 10.6. The van der Waals surface area contributed by atoms with E-state index < -0.39 is 6.09 Å². The third-order valence-corrected chi connectivity index (χ3v) is 4.53. The number of benzene rings is 2. The molecule has 1 amide bonds. The first-order chi connectivity index (χ1) is 14.1. The van der Waals surface area contributed by atoms with Crippen LogP contribution in [0.3, 0.4) is 0 Å². The Labute approximate surface area is 179 Å². The van der Waals surface area contributed by atoms with Gasteiger partial charge >= 0.3 is 6.09 Å². The monoisotopic (exact) mass is 430 g/mol. The van der Waals surface area contributed by atoms with Gasteiger partial charge in [0.25, 0.3) is 0 Å². The smallest absolute Gasteiger partial charge is 0.407 e. The summed E-state index contributed by atoms with van der Waals surface area (Å²) in [6.07, 6.45) is 1.91. The molecule has 3 rings (SSSR count). The van der Waals surface area contributed by atoms with Crippen molar-refractivity contribution in [3.63, 3.8) is 0 Å². The Bertz CT molecular complexity index is 954. The molecule has 2 N–H and O–H groups in total. The first-order valence-corrected chi connectivity index (χ1v) is 9.84. The predicted octanol–water partition coefficient (Wildman–Crippen LogP) is 5.18. The second-order valence-corrected chi connectivity index (χ2v) is 7.00. The highest BCUT2D eigenvalue weighted by molar-refractivity contribution is 6.36. The molecule has 3 aromatic rings. The summed E-state index contributed by atoms with van der Waals surface area (Å²) in [5, 5.41) is 6.95. The lowest BCUT2D eigenvalue weighted by molar-refractivity contribution is 0.139. The summed E-state index contributed by atoms with van der Waals surface area (Å²) in [7, 11) is 0. The lowest BCUT2D eigenvalue weighted by atomic mass is 10.1. The standard InChI is InChI=1S/C21H20Cl2N4O2/c22-16-7-8-17(18(23)13-16)19-9-12-25-20(27-19)24-10-4-11-26-21(28)29-14-15-5-2-1-3-6-15/h1-3,5-9,12-13H,4,10-11,14H2,(H,26,28)(H,24,25,27). The Morgan fingerprint density at radius 2 is 1.86 bits per heavy atom. The van der Waals surface area contributed by atoms with E-state index >= 15 is 0 Å². The number of carbonyl (C=O) groups is 1. The summed E-state index contributed by atoms with van der Waals surface area (Å²) in [5.74, 6) is 0.486. The van der Waals surface area contributed by atoms with Gasteiger partial charge in [0, 0.05) is 29.9 Å². The maximum Gasteiger partial charge on any atom is 0.407 e. The normalized spacial score (nSPS) is 10.4. The Hall–Kier alpha value is -2.83. The van der Waals surface area contributed by atoms with Crippen LogP contribution < -0.4 is 10.6 Å². The van der Waals surface area contributed by atoms with E-state index in [4.69, 9.17) is 27.9 Å². The molecule has 0 atom stereocenters. The van der Waals surface area contributed by atoms with Crippen molar-refractivity contribution >= 4 is 35.2 Å². The molecule has 6 nitrogen and oxygen atoms in total. The van der Waals surface area contributed by atoms with Gasteiger partial charge in [-0.1, -0.05) is 53.5 Å². The van der Waals surface area contributed by atoms with Crippen LogP contribution >= 0.6 is 23.2 Å². The van der Waals surface area contributed by atoms with E-state index in [0.717, 1.165) is 11.1 Å². The van der Waals surface area contributed by atoms with Crippen molar-refractivity contribution in [2.75, 3.05) is 18.4 Å². The number of anilines is 1. The Kier molecular flexibility index (Phi) is 7.67. The van der Waals surface area contributed by atoms with Crippen LogP contribution in [0.5, 0.6) is 0 Å². The molecular formula is C21H20Cl2N4O2. The van der Waals surface area contributed by atoms with Crippen LogP contribution in [0.4, 0.5) is 10.7 Å². The molecule has 1 aromatic heterocycles. The van der Waals surface area contributed by atoms with Crippen LogP contribution in [0, 0.1) is 0 Å². The molecule has 0 aliphatic rings. The number of carbonyl (C=O) groups excluding carboxylic acids is 1. The maximum atomic E-state index is 11.7. The molecule has 0 bridgehead atoms. The van der Waals surface area contributed by atoms with Gasteiger partial charge in [0.15, 0.2) is 0 Å². The summed E-state index contributed by atoms with van der Waals surface area (Å²) in [5.41, 5.74) is 2.43. The van der Waals surface area contributed by atoms with E-state index in [2.05, 4.69) is 20.6 Å². The summed E-state index contributed by atoms with van der Waals surface area (Å²) in [6.45, 7) is 1.32. The van der Waals surface area contributed by atoms with Crippen molar-refractivity contribution in [1.29, 1.82) is 0 Å². The third kappa shape index (κ3) is 6.62. The number of nitrogens with one attached hydrogen (secondary N) is 2. The predicted molar refractivity (Wildman–Crippen MR) is 115 cm³/mol. The SMILES string of the molecule is O=C(NCCCNc1nccc(-c2ccc(Cl)cc2Cl)n1)OCc1ccccc1. The minimum absolute atomic E-state index is 0.249. The van der Waals surface area contributed by atoms with Gasteiger partial charge in [-0.15, -0.1) is 0 Å². The number of ether oxygens (including phenoxy) is 1. The Morgan fingerprint density at radius 1 is 1.03 bits per heavy atom. The van der Waals surface area contributed by atoms with Crippen molar-refractivity contribution < 1.29 is 9.53 Å². The topological polar surface area (TPSA) is 76.1 Å². The molecule has 8 heteroatoms. The number of hydrogen-bond acceptors (Lipinski definition) is 5. The number of rotatable bonds is 8. The van der Waals surface area contributed by atoms with Gasteiger partial charge in [-0.25, -0.2) is 14.8 Å². The molecule has 0 aliphatic carbocycles. The Balaban J connectivity index is 1.40. The largest absolute Gasteiger partial charge is 0.445 e. The van der Waals surface area contributed by atoms with E-state index in [1.54, 1.807) is 24.4 Å². The molecule has 0 aliphatic heterocycles. The number of nitrogens with zero attached hydrogens (tertiary/aromatic N) is 2. The second-order valence-electron chi connectivity index (χ2n) is 6.16. The van der Waals surface area contributed by atoms with Gasteiger partial charge in [0.2, 0.25) is 5.95 Å². The highest BCUT2D eigenvalue weighted by Crippen LogP contribution is 2.29. The van der Waals surface area contributed by atoms with Crippen molar-refractivity contribution in [3.05, 3.63) is 76.4 Å². The molecule has 0 radical (unpaired) electrons. The molecule has 0 saturated carbocycles. The minimum atomic E-state index is -0.440. The summed E-state index contributed by atoms with van der Waals surface area (Å²) in [4.78, 5) is 20.4. The minimum Gasteiger partial charge on any atom is -0.445 e. The number of aromatic nitrogens is 2. The number of alkyl carbamates (subject to hydrolysis) is 1. The van der Waals surface area contributed by atoms with E-state index in [-0.39, 0.29) is 6.61 Å². The van der Waals surface area contributed by atoms with Crippen LogP contribution in [-0.2, 0) is 11.3 Å². The van der Waals surface area contributed by atoms with Gasteiger partial charge in [0.1, 0.15) is 6.61 Å². The Morgan fingerprint density at radius 3 is 2.66 bits per heavy atom. The summed E-state index contributed by atoms with van der Waals surface area (Å²) in [6, 6.07) is 16.6. The average Bonchev–Trinajstić information content (AvgIpc) is 2.73. The van der Waals surface area contributed by atoms with Crippen molar-refractivity contribution in [2.45, 2.75) is 13.0 Å². The highest BCUT2D eigenvalue weighted by atomic mass is 35.5. The van der Waals surface area contributed by atoms with E-state index in [9.17, 15) is 4.79 Å². The quantitative estimate of drug-likeness (QED) is 0.481. The average molecular weight is 431 g/mol. The van der Waals surface area contributed by atoms with E-state index in [1.807, 2.05) is 36.4 Å². The molecule has 0 saturated heterocycles. The molecule has 1 heterocycles. The first kappa shape index (κ1) is 20.9. The number of halogens is 2. The van der Waals surface area contributed by atoms with E-state index in [1.165, 1.54) is 0 Å². The first-order valence-electron chi connectivity index (χ1n) is 9.09. The molecule has 0 unspecified atom stereocenters. The zero-order valence-corrected chi connectivity index (χ0v) is 17.1. The number of hydrogen-bond donors (Lipinski definition) is 2. The van der Waals surface area contributed by atoms with Crippen LogP contribution in [-0.4, -0.2) is 29.2 Å². The zero-order chi connectivity index (χ0) is 20.5. The van der Waals surface area contributed by atoms with Gasteiger partial charge in [-0.05, 0) is 36.2 Å². The van der Waals surface area contributed by atoms with Crippen LogP contribution in [0.2, 0.25) is 10.0 Å². The highest BCUT2D eigenvalue weighted by Gasteiger charge is 2.07. The van der Waals surface area contributed by atoms with E-state index in [0.29, 0.717) is 41.2 Å². The van der Waals surface area contributed by atoms with Crippen LogP contribution in [0.25, 0.3) is 11.3 Å². The van der Waals surface area contributed by atoms with Gasteiger partial charge in [0.05, 0.1) is 10.7 Å². The third-order valence-electron chi connectivity index (χ3n) is 3.98. The molecule has 29 heavy (non-hydrogen) atoms. The molecule has 0 spiro atoms. The van der Waals surface area contributed by atoms with Crippen molar-refractivity contribution in [2.24, 2.45) is 0 Å². The summed E-state index contributed by atoms with van der Waals surface area (Å²) < 4.78 is 5.16. The fraction of sp³-hybridized carbons (Fsp3) is 0.190.